The maximum Gasteiger partial charge on any atom is 0.226 e. The van der Waals surface area contributed by atoms with Gasteiger partial charge in [0.1, 0.15) is 5.75 Å². The number of rotatable bonds is 6. The fourth-order valence-electron chi connectivity index (χ4n) is 1.91. The second kappa shape index (κ2) is 7.92. The average molecular weight is 339 g/mol. The van der Waals surface area contributed by atoms with Crippen molar-refractivity contribution >= 4 is 40.5 Å². The lowest BCUT2D eigenvalue weighted by atomic mass is 10.2. The zero-order chi connectivity index (χ0) is 15.9. The van der Waals surface area contributed by atoms with Gasteiger partial charge in [-0.05, 0) is 24.3 Å². The van der Waals surface area contributed by atoms with Crippen LogP contribution in [0.15, 0.2) is 42.5 Å². The number of hydrogen-bond acceptors (Lipinski definition) is 3. The van der Waals surface area contributed by atoms with Gasteiger partial charge in [-0.25, -0.2) is 0 Å². The predicted octanol–water partition coefficient (Wildman–Crippen LogP) is 4.44. The van der Waals surface area contributed by atoms with Crippen molar-refractivity contribution in [3.63, 3.8) is 0 Å². The predicted molar refractivity (Wildman–Crippen MR) is 91.2 cm³/mol. The summed E-state index contributed by atoms with van der Waals surface area (Å²) < 4.78 is 5.23. The molecule has 2 aromatic rings. The quantitative estimate of drug-likeness (QED) is 0.818. The Balaban J connectivity index is 1.87. The number of carbonyl (C=O) groups excluding carboxylic acids is 1. The van der Waals surface area contributed by atoms with Gasteiger partial charge in [-0.2, -0.15) is 0 Å². The first-order valence-electron chi connectivity index (χ1n) is 6.72. The monoisotopic (exact) mass is 338 g/mol. The third-order valence-corrected chi connectivity index (χ3v) is 3.82. The molecule has 2 N–H and O–H groups in total. The molecule has 116 valence electrons. The van der Waals surface area contributed by atoms with E-state index in [-0.39, 0.29) is 5.91 Å². The van der Waals surface area contributed by atoms with Crippen LogP contribution in [0.25, 0.3) is 0 Å². The summed E-state index contributed by atoms with van der Waals surface area (Å²) in [4.78, 5) is 11.9. The van der Waals surface area contributed by atoms with Crippen LogP contribution < -0.4 is 15.4 Å². The molecule has 0 saturated carbocycles. The first-order valence-corrected chi connectivity index (χ1v) is 7.48. The SMILES string of the molecule is COc1ccccc1NCCC(=O)Nc1cccc(Cl)c1Cl. The maximum absolute atomic E-state index is 11.9. The fraction of sp³-hybridized carbons (Fsp3) is 0.188. The van der Waals surface area contributed by atoms with Gasteiger partial charge in [-0.3, -0.25) is 4.79 Å². The van der Waals surface area contributed by atoms with E-state index in [2.05, 4.69) is 10.6 Å². The lowest BCUT2D eigenvalue weighted by Gasteiger charge is -2.11. The van der Waals surface area contributed by atoms with Gasteiger partial charge in [0.2, 0.25) is 5.91 Å². The Morgan fingerprint density at radius 3 is 2.59 bits per heavy atom. The van der Waals surface area contributed by atoms with Gasteiger partial charge in [0.25, 0.3) is 0 Å². The molecule has 0 aromatic heterocycles. The van der Waals surface area contributed by atoms with Crippen molar-refractivity contribution < 1.29 is 9.53 Å². The van der Waals surface area contributed by atoms with Crippen LogP contribution in [-0.2, 0) is 4.79 Å². The molecule has 0 heterocycles. The van der Waals surface area contributed by atoms with Crippen LogP contribution in [0.1, 0.15) is 6.42 Å². The molecule has 4 nitrogen and oxygen atoms in total. The molecule has 0 aliphatic rings. The second-order valence-electron chi connectivity index (χ2n) is 4.53. The van der Waals surface area contributed by atoms with E-state index < -0.39 is 0 Å². The summed E-state index contributed by atoms with van der Waals surface area (Å²) >= 11 is 11.9. The number of ether oxygens (including phenoxy) is 1. The van der Waals surface area contributed by atoms with Crippen molar-refractivity contribution in [1.29, 1.82) is 0 Å². The summed E-state index contributed by atoms with van der Waals surface area (Å²) in [6.45, 7) is 0.477. The van der Waals surface area contributed by atoms with Gasteiger partial charge in [0, 0.05) is 13.0 Å². The van der Waals surface area contributed by atoms with Crippen LogP contribution >= 0.6 is 23.2 Å². The molecule has 1 amide bonds. The van der Waals surface area contributed by atoms with Crippen LogP contribution in [0.4, 0.5) is 11.4 Å². The number of amides is 1. The third-order valence-electron chi connectivity index (χ3n) is 3.00. The molecule has 0 bridgehead atoms. The minimum absolute atomic E-state index is 0.147. The molecule has 0 fully saturated rings. The van der Waals surface area contributed by atoms with E-state index in [1.807, 2.05) is 24.3 Å². The van der Waals surface area contributed by atoms with Crippen molar-refractivity contribution in [3.05, 3.63) is 52.5 Å². The van der Waals surface area contributed by atoms with Crippen LogP contribution in [0, 0.1) is 0 Å². The number of nitrogens with one attached hydrogen (secondary N) is 2. The lowest BCUT2D eigenvalue weighted by Crippen LogP contribution is -2.16. The van der Waals surface area contributed by atoms with Crippen LogP contribution in [0.2, 0.25) is 10.0 Å². The standard InChI is InChI=1S/C16H16Cl2N2O2/c1-22-14-8-3-2-6-12(14)19-10-9-15(21)20-13-7-4-5-11(17)16(13)18/h2-8,19H,9-10H2,1H3,(H,20,21). The largest absolute Gasteiger partial charge is 0.495 e. The summed E-state index contributed by atoms with van der Waals surface area (Å²) in [5.41, 5.74) is 1.36. The zero-order valence-electron chi connectivity index (χ0n) is 12.0. The highest BCUT2D eigenvalue weighted by Crippen LogP contribution is 2.29. The van der Waals surface area contributed by atoms with Gasteiger partial charge in [0.05, 0.1) is 28.5 Å². The molecule has 0 atom stereocenters. The molecule has 6 heteroatoms. The van der Waals surface area contributed by atoms with Crippen LogP contribution in [-0.4, -0.2) is 19.6 Å². The summed E-state index contributed by atoms with van der Waals surface area (Å²) in [5.74, 6) is 0.590. The summed E-state index contributed by atoms with van der Waals surface area (Å²) in [5, 5.41) is 6.65. The highest BCUT2D eigenvalue weighted by molar-refractivity contribution is 6.43. The van der Waals surface area contributed by atoms with E-state index in [9.17, 15) is 4.79 Å². The first-order chi connectivity index (χ1) is 10.6. The molecule has 0 aliphatic carbocycles. The zero-order valence-corrected chi connectivity index (χ0v) is 13.5. The van der Waals surface area contributed by atoms with E-state index in [0.29, 0.717) is 28.7 Å². The van der Waals surface area contributed by atoms with E-state index in [0.717, 1.165) is 11.4 Å². The Labute approximate surface area is 139 Å². The highest BCUT2D eigenvalue weighted by atomic mass is 35.5. The Bertz CT molecular complexity index is 662. The highest BCUT2D eigenvalue weighted by Gasteiger charge is 2.08. The molecule has 2 aromatic carbocycles. The summed E-state index contributed by atoms with van der Waals surface area (Å²) in [6, 6.07) is 12.6. The van der Waals surface area contributed by atoms with Gasteiger partial charge in [0.15, 0.2) is 0 Å². The molecule has 2 rings (SSSR count). The lowest BCUT2D eigenvalue weighted by molar-refractivity contribution is -0.115. The van der Waals surface area contributed by atoms with E-state index in [1.165, 1.54) is 0 Å². The Hall–Kier alpha value is -1.91. The third kappa shape index (κ3) is 4.29. The topological polar surface area (TPSA) is 50.4 Å². The first kappa shape index (κ1) is 16.5. The van der Waals surface area contributed by atoms with Gasteiger partial charge < -0.3 is 15.4 Å². The summed E-state index contributed by atoms with van der Waals surface area (Å²) in [7, 11) is 1.61. The average Bonchev–Trinajstić information content (AvgIpc) is 2.52. The Kier molecular flexibility index (Phi) is 5.92. The van der Waals surface area contributed by atoms with E-state index >= 15 is 0 Å². The normalized spacial score (nSPS) is 10.1. The molecular weight excluding hydrogens is 323 g/mol. The number of carbonyl (C=O) groups is 1. The van der Waals surface area contributed by atoms with Gasteiger partial charge >= 0.3 is 0 Å². The van der Waals surface area contributed by atoms with Crippen molar-refractivity contribution in [2.45, 2.75) is 6.42 Å². The summed E-state index contributed by atoms with van der Waals surface area (Å²) in [6.07, 6.45) is 0.293. The number of para-hydroxylation sites is 2. The van der Waals surface area contributed by atoms with Crippen molar-refractivity contribution in [1.82, 2.24) is 0 Å². The van der Waals surface area contributed by atoms with Gasteiger partial charge in [-0.1, -0.05) is 41.4 Å². The van der Waals surface area contributed by atoms with E-state index in [1.54, 1.807) is 25.3 Å². The van der Waals surface area contributed by atoms with Gasteiger partial charge in [-0.15, -0.1) is 0 Å². The number of halogens is 2. The molecule has 0 unspecified atom stereocenters. The molecule has 0 saturated heterocycles. The minimum Gasteiger partial charge on any atom is -0.495 e. The van der Waals surface area contributed by atoms with Crippen molar-refractivity contribution in [3.8, 4) is 5.75 Å². The number of anilines is 2. The number of methoxy groups -OCH3 is 1. The van der Waals surface area contributed by atoms with Crippen LogP contribution in [0.3, 0.4) is 0 Å². The minimum atomic E-state index is -0.147. The number of benzene rings is 2. The molecular formula is C16H16Cl2N2O2. The van der Waals surface area contributed by atoms with Crippen molar-refractivity contribution in [2.75, 3.05) is 24.3 Å². The maximum atomic E-state index is 11.9. The molecule has 22 heavy (non-hydrogen) atoms. The smallest absolute Gasteiger partial charge is 0.226 e. The fourth-order valence-corrected chi connectivity index (χ4v) is 2.26. The molecule has 0 radical (unpaired) electrons. The van der Waals surface area contributed by atoms with E-state index in [4.69, 9.17) is 27.9 Å². The number of hydrogen-bond donors (Lipinski definition) is 2. The van der Waals surface area contributed by atoms with Crippen molar-refractivity contribution in [2.24, 2.45) is 0 Å². The Morgan fingerprint density at radius 2 is 1.82 bits per heavy atom. The molecule has 0 aliphatic heterocycles. The van der Waals surface area contributed by atoms with Crippen LogP contribution in [0.5, 0.6) is 5.75 Å². The second-order valence-corrected chi connectivity index (χ2v) is 5.31. The Morgan fingerprint density at radius 1 is 1.09 bits per heavy atom. The molecule has 0 spiro atoms.